The molecule has 240 valence electrons. The number of fused-ring (bicyclic) bond motifs is 5. The molecule has 1 unspecified atom stereocenters. The fourth-order valence-corrected chi connectivity index (χ4v) is 8.65. The lowest BCUT2D eigenvalue weighted by atomic mass is 9.85. The number of ether oxygens (including phenoxy) is 3. The van der Waals surface area contributed by atoms with Gasteiger partial charge in [0, 0.05) is 18.5 Å². The van der Waals surface area contributed by atoms with Gasteiger partial charge in [-0.3, -0.25) is 9.59 Å². The molecule has 0 aliphatic carbocycles. The molecule has 2 aliphatic heterocycles. The van der Waals surface area contributed by atoms with E-state index in [0.717, 1.165) is 22.2 Å². The SMILES string of the molecule is CCC1(OC(=O)CCCNC(=O)OC(C)(C)C)C(=O)OCc2c1cc1n(c2=O)Cc2c-1nc1ccccc1c2[Si](C)(C)C(C)C. The van der Waals surface area contributed by atoms with E-state index in [1.807, 2.05) is 18.2 Å². The van der Waals surface area contributed by atoms with E-state index >= 15 is 0 Å². The maximum atomic E-state index is 14.1. The summed E-state index contributed by atoms with van der Waals surface area (Å²) in [5.41, 5.74) is 1.66. The van der Waals surface area contributed by atoms with Crippen LogP contribution in [0.1, 0.15) is 77.5 Å². The number of hydrogen-bond donors (Lipinski definition) is 1. The Morgan fingerprint density at radius 2 is 1.87 bits per heavy atom. The fourth-order valence-electron chi connectivity index (χ4n) is 6.19. The maximum Gasteiger partial charge on any atom is 0.407 e. The molecule has 0 spiro atoms. The Kier molecular flexibility index (Phi) is 8.45. The number of hydrogen-bond acceptors (Lipinski definition) is 8. The highest BCUT2D eigenvalue weighted by Crippen LogP contribution is 2.41. The van der Waals surface area contributed by atoms with Gasteiger partial charge in [-0.25, -0.2) is 14.6 Å². The first-order valence-electron chi connectivity index (χ1n) is 15.7. The number of carbonyl (C=O) groups excluding carboxylic acids is 3. The predicted octanol–water partition coefficient (Wildman–Crippen LogP) is 5.26. The molecule has 4 heterocycles. The zero-order chi connectivity index (χ0) is 32.9. The Labute approximate surface area is 264 Å². The summed E-state index contributed by atoms with van der Waals surface area (Å²) in [7, 11) is -2.01. The summed E-state index contributed by atoms with van der Waals surface area (Å²) in [6.45, 7) is 16.6. The number of amides is 1. The lowest BCUT2D eigenvalue weighted by molar-refractivity contribution is -0.189. The zero-order valence-corrected chi connectivity index (χ0v) is 28.5. The Hall–Kier alpha value is -3.99. The van der Waals surface area contributed by atoms with E-state index in [1.54, 1.807) is 38.3 Å². The number of cyclic esters (lactones) is 1. The van der Waals surface area contributed by atoms with Crippen LogP contribution >= 0.6 is 0 Å². The van der Waals surface area contributed by atoms with Crippen molar-refractivity contribution >= 4 is 42.2 Å². The number of carbonyl (C=O) groups is 3. The topological polar surface area (TPSA) is 126 Å². The minimum atomic E-state index is -2.01. The number of aromatic nitrogens is 2. The molecule has 3 aromatic rings. The lowest BCUT2D eigenvalue weighted by Gasteiger charge is -2.35. The second-order valence-corrected chi connectivity index (χ2v) is 18.9. The van der Waals surface area contributed by atoms with Crippen molar-refractivity contribution < 1.29 is 28.6 Å². The maximum absolute atomic E-state index is 14.1. The van der Waals surface area contributed by atoms with E-state index in [4.69, 9.17) is 19.2 Å². The number of esters is 2. The standard InChI is InChI=1S/C34H43N3O7Si/c1-9-34(43-27(38)15-12-16-35-32(41)44-33(4,5)6)24-17-26-28-22(18-37(26)30(39)23(24)19-42-31(34)40)29(45(7,8)20(2)3)21-13-10-11-14-25(21)36-28/h10-11,13-14,17,20H,9,12,15-16,18-19H2,1-8H3,(H,35,41). The van der Waals surface area contributed by atoms with E-state index in [1.165, 1.54) is 5.19 Å². The molecule has 1 amide bonds. The first-order chi connectivity index (χ1) is 21.1. The van der Waals surface area contributed by atoms with E-state index in [-0.39, 0.29) is 38.0 Å². The molecule has 0 fully saturated rings. The highest BCUT2D eigenvalue weighted by Gasteiger charge is 2.50. The number of nitrogens with zero attached hydrogens (tertiary/aromatic N) is 2. The molecule has 0 bridgehead atoms. The number of pyridine rings is 2. The molecule has 2 aromatic heterocycles. The summed E-state index contributed by atoms with van der Waals surface area (Å²) < 4.78 is 18.4. The van der Waals surface area contributed by atoms with Crippen molar-refractivity contribution in [2.24, 2.45) is 0 Å². The van der Waals surface area contributed by atoms with Gasteiger partial charge in [0.2, 0.25) is 5.60 Å². The monoisotopic (exact) mass is 633 g/mol. The van der Waals surface area contributed by atoms with Gasteiger partial charge >= 0.3 is 18.0 Å². The quantitative estimate of drug-likeness (QED) is 0.121. The van der Waals surface area contributed by atoms with Gasteiger partial charge in [-0.15, -0.1) is 0 Å². The Morgan fingerprint density at radius 3 is 2.53 bits per heavy atom. The summed E-state index contributed by atoms with van der Waals surface area (Å²) >= 11 is 0. The minimum absolute atomic E-state index is 0.0568. The van der Waals surface area contributed by atoms with Crippen molar-refractivity contribution in [1.82, 2.24) is 14.9 Å². The van der Waals surface area contributed by atoms with Gasteiger partial charge in [0.25, 0.3) is 5.56 Å². The summed E-state index contributed by atoms with van der Waals surface area (Å²) in [5.74, 6) is -1.34. The molecule has 2 aliphatic rings. The van der Waals surface area contributed by atoms with Crippen LogP contribution in [-0.4, -0.2) is 47.8 Å². The van der Waals surface area contributed by atoms with Gasteiger partial charge in [-0.05, 0) is 67.4 Å². The van der Waals surface area contributed by atoms with Crippen LogP contribution in [0.25, 0.3) is 22.3 Å². The molecule has 0 radical (unpaired) electrons. The molecule has 1 N–H and O–H groups in total. The highest BCUT2D eigenvalue weighted by atomic mass is 28.3. The van der Waals surface area contributed by atoms with Crippen LogP contribution in [0, 0.1) is 0 Å². The van der Waals surface area contributed by atoms with Gasteiger partial charge in [-0.1, -0.05) is 52.1 Å². The van der Waals surface area contributed by atoms with E-state index in [9.17, 15) is 19.2 Å². The van der Waals surface area contributed by atoms with Crippen LogP contribution in [0.15, 0.2) is 35.1 Å². The van der Waals surface area contributed by atoms with Gasteiger partial charge in [0.05, 0.1) is 37.1 Å². The van der Waals surface area contributed by atoms with Gasteiger partial charge < -0.3 is 24.1 Å². The third-order valence-corrected chi connectivity index (χ3v) is 13.9. The Balaban J connectivity index is 1.52. The molecule has 10 nitrogen and oxygen atoms in total. The fraction of sp³-hybridized carbons (Fsp3) is 0.500. The highest BCUT2D eigenvalue weighted by molar-refractivity contribution is 6.92. The van der Waals surface area contributed by atoms with Crippen LogP contribution in [-0.2, 0) is 42.6 Å². The molecule has 0 saturated carbocycles. The number of nitrogens with one attached hydrogen (secondary N) is 1. The molecule has 45 heavy (non-hydrogen) atoms. The molecule has 1 atom stereocenters. The van der Waals surface area contributed by atoms with Crippen LogP contribution in [0.4, 0.5) is 4.79 Å². The summed E-state index contributed by atoms with van der Waals surface area (Å²) in [6.07, 6.45) is -0.280. The van der Waals surface area contributed by atoms with Gasteiger partial charge in [-0.2, -0.15) is 0 Å². The van der Waals surface area contributed by atoms with Crippen molar-refractivity contribution in [1.29, 1.82) is 0 Å². The number of alkyl carbamates (subject to hydrolysis) is 1. The largest absolute Gasteiger partial charge is 0.457 e. The van der Waals surface area contributed by atoms with Crippen LogP contribution < -0.4 is 16.1 Å². The minimum Gasteiger partial charge on any atom is -0.457 e. The molecular formula is C34H43N3O7Si. The number of para-hydroxylation sites is 1. The van der Waals surface area contributed by atoms with Crippen molar-refractivity contribution in [3.8, 4) is 11.4 Å². The number of benzene rings is 1. The average Bonchev–Trinajstić information content (AvgIpc) is 3.32. The third kappa shape index (κ3) is 5.78. The number of rotatable bonds is 8. The Morgan fingerprint density at radius 1 is 1.16 bits per heavy atom. The second kappa shape index (κ2) is 11.7. The second-order valence-electron chi connectivity index (χ2n) is 13.8. The van der Waals surface area contributed by atoms with Crippen LogP contribution in [0.5, 0.6) is 0 Å². The van der Waals surface area contributed by atoms with E-state index in [0.29, 0.717) is 28.9 Å². The summed E-state index contributed by atoms with van der Waals surface area (Å²) in [5, 5.41) is 5.02. The van der Waals surface area contributed by atoms with E-state index < -0.39 is 37.3 Å². The summed E-state index contributed by atoms with van der Waals surface area (Å²) in [4.78, 5) is 57.6. The average molecular weight is 634 g/mol. The van der Waals surface area contributed by atoms with Crippen molar-refractivity contribution in [2.75, 3.05) is 6.54 Å². The van der Waals surface area contributed by atoms with Gasteiger partial charge in [0.1, 0.15) is 12.2 Å². The predicted molar refractivity (Wildman–Crippen MR) is 174 cm³/mol. The third-order valence-electron chi connectivity index (χ3n) is 9.16. The summed E-state index contributed by atoms with van der Waals surface area (Å²) in [6, 6.07) is 9.90. The smallest absolute Gasteiger partial charge is 0.407 e. The van der Waals surface area contributed by atoms with Crippen molar-refractivity contribution in [3.63, 3.8) is 0 Å². The molecule has 1 aromatic carbocycles. The molecule has 0 saturated heterocycles. The van der Waals surface area contributed by atoms with E-state index in [2.05, 4.69) is 38.3 Å². The molecule has 11 heteroatoms. The molecular weight excluding hydrogens is 590 g/mol. The lowest BCUT2D eigenvalue weighted by Crippen LogP contribution is -2.48. The van der Waals surface area contributed by atoms with Crippen LogP contribution in [0.2, 0.25) is 18.6 Å². The van der Waals surface area contributed by atoms with Crippen molar-refractivity contribution in [3.05, 3.63) is 57.4 Å². The first kappa shape index (κ1) is 32.4. The zero-order valence-electron chi connectivity index (χ0n) is 27.5. The Bertz CT molecular complexity index is 1760. The van der Waals surface area contributed by atoms with Gasteiger partial charge in [0.15, 0.2) is 0 Å². The normalized spacial score (nSPS) is 17.4. The van der Waals surface area contributed by atoms with Crippen molar-refractivity contribution in [2.45, 2.75) is 104 Å². The van der Waals surface area contributed by atoms with Crippen LogP contribution in [0.3, 0.4) is 0 Å². The first-order valence-corrected chi connectivity index (χ1v) is 18.7. The molecule has 5 rings (SSSR count).